The molecule has 0 saturated heterocycles. The topological polar surface area (TPSA) is 98.2 Å². The zero-order chi connectivity index (χ0) is 14.5. The molecular formula is C15H21N3O2. The fourth-order valence-corrected chi connectivity index (χ4v) is 2.58. The van der Waals surface area contributed by atoms with Crippen LogP contribution in [0.3, 0.4) is 0 Å². The highest BCUT2D eigenvalue weighted by molar-refractivity contribution is 5.94. The molecule has 5 heteroatoms. The van der Waals surface area contributed by atoms with E-state index in [2.05, 4.69) is 5.32 Å². The molecule has 108 valence electrons. The fourth-order valence-electron chi connectivity index (χ4n) is 2.58. The SMILES string of the molecule is NCc1ccc(C(=O)NC2CCC(C(N)=O)CC2)cc1. The summed E-state index contributed by atoms with van der Waals surface area (Å²) in [6.45, 7) is 0.471. The highest BCUT2D eigenvalue weighted by Gasteiger charge is 2.25. The van der Waals surface area contributed by atoms with Crippen molar-refractivity contribution in [1.82, 2.24) is 5.32 Å². The Morgan fingerprint density at radius 1 is 1.10 bits per heavy atom. The van der Waals surface area contributed by atoms with E-state index >= 15 is 0 Å². The van der Waals surface area contributed by atoms with Crippen molar-refractivity contribution >= 4 is 11.8 Å². The van der Waals surface area contributed by atoms with E-state index in [0.29, 0.717) is 12.1 Å². The van der Waals surface area contributed by atoms with Crippen LogP contribution < -0.4 is 16.8 Å². The molecule has 0 radical (unpaired) electrons. The molecule has 5 N–H and O–H groups in total. The highest BCUT2D eigenvalue weighted by atomic mass is 16.2. The normalized spacial score (nSPS) is 22.2. The van der Waals surface area contributed by atoms with Gasteiger partial charge in [-0.2, -0.15) is 0 Å². The van der Waals surface area contributed by atoms with Crippen LogP contribution in [0.2, 0.25) is 0 Å². The molecule has 0 spiro atoms. The maximum absolute atomic E-state index is 12.1. The molecule has 0 atom stereocenters. The van der Waals surface area contributed by atoms with Crippen LogP contribution in [-0.4, -0.2) is 17.9 Å². The Morgan fingerprint density at radius 2 is 1.70 bits per heavy atom. The van der Waals surface area contributed by atoms with Crippen LogP contribution in [0.4, 0.5) is 0 Å². The molecule has 1 aliphatic carbocycles. The minimum atomic E-state index is -0.229. The van der Waals surface area contributed by atoms with E-state index in [4.69, 9.17) is 11.5 Å². The number of primary amides is 1. The Labute approximate surface area is 118 Å². The van der Waals surface area contributed by atoms with E-state index in [1.54, 1.807) is 12.1 Å². The van der Waals surface area contributed by atoms with Crippen molar-refractivity contribution in [3.05, 3.63) is 35.4 Å². The van der Waals surface area contributed by atoms with Gasteiger partial charge in [-0.25, -0.2) is 0 Å². The standard InChI is InChI=1S/C15H21N3O2/c16-9-10-1-3-12(4-2-10)15(20)18-13-7-5-11(6-8-13)14(17)19/h1-4,11,13H,5-9,16H2,(H2,17,19)(H,18,20). The van der Waals surface area contributed by atoms with E-state index in [9.17, 15) is 9.59 Å². The van der Waals surface area contributed by atoms with Gasteiger partial charge in [-0.3, -0.25) is 9.59 Å². The summed E-state index contributed by atoms with van der Waals surface area (Å²) in [5.41, 5.74) is 12.5. The maximum atomic E-state index is 12.1. The van der Waals surface area contributed by atoms with Crippen LogP contribution in [-0.2, 0) is 11.3 Å². The summed E-state index contributed by atoms with van der Waals surface area (Å²) >= 11 is 0. The van der Waals surface area contributed by atoms with Gasteiger partial charge in [-0.15, -0.1) is 0 Å². The largest absolute Gasteiger partial charge is 0.369 e. The fraction of sp³-hybridized carbons (Fsp3) is 0.467. The van der Waals surface area contributed by atoms with Gasteiger partial charge in [0.1, 0.15) is 0 Å². The van der Waals surface area contributed by atoms with Crippen molar-refractivity contribution in [3.63, 3.8) is 0 Å². The molecule has 0 bridgehead atoms. The van der Waals surface area contributed by atoms with Crippen LogP contribution in [0.1, 0.15) is 41.6 Å². The Hall–Kier alpha value is -1.88. The van der Waals surface area contributed by atoms with Gasteiger partial charge in [-0.05, 0) is 43.4 Å². The van der Waals surface area contributed by atoms with E-state index in [1.165, 1.54) is 0 Å². The zero-order valence-electron chi connectivity index (χ0n) is 11.5. The molecule has 1 fully saturated rings. The van der Waals surface area contributed by atoms with Crippen molar-refractivity contribution < 1.29 is 9.59 Å². The number of rotatable bonds is 4. The molecule has 0 aromatic heterocycles. The predicted octanol–water partition coefficient (Wildman–Crippen LogP) is 0.919. The molecule has 1 saturated carbocycles. The average Bonchev–Trinajstić information content (AvgIpc) is 2.48. The molecule has 1 aliphatic rings. The second-order valence-corrected chi connectivity index (χ2v) is 5.33. The lowest BCUT2D eigenvalue weighted by Crippen LogP contribution is -2.39. The van der Waals surface area contributed by atoms with Crippen LogP contribution in [0.15, 0.2) is 24.3 Å². The van der Waals surface area contributed by atoms with Gasteiger partial charge in [0, 0.05) is 24.1 Å². The number of amides is 2. The van der Waals surface area contributed by atoms with Crippen molar-refractivity contribution in [2.24, 2.45) is 17.4 Å². The molecule has 0 aliphatic heterocycles. The summed E-state index contributed by atoms with van der Waals surface area (Å²) < 4.78 is 0. The predicted molar refractivity (Wildman–Crippen MR) is 76.7 cm³/mol. The summed E-state index contributed by atoms with van der Waals surface area (Å²) in [6, 6.07) is 7.42. The Balaban J connectivity index is 1.87. The Kier molecular flexibility index (Phi) is 4.74. The summed E-state index contributed by atoms with van der Waals surface area (Å²) in [5, 5.41) is 3.01. The summed E-state index contributed by atoms with van der Waals surface area (Å²) in [5.74, 6) is -0.338. The Bertz CT molecular complexity index is 476. The summed E-state index contributed by atoms with van der Waals surface area (Å²) in [4.78, 5) is 23.2. The van der Waals surface area contributed by atoms with Gasteiger partial charge < -0.3 is 16.8 Å². The summed E-state index contributed by atoms with van der Waals surface area (Å²) in [7, 11) is 0. The second-order valence-electron chi connectivity index (χ2n) is 5.33. The average molecular weight is 275 g/mol. The van der Waals surface area contributed by atoms with Crippen LogP contribution >= 0.6 is 0 Å². The van der Waals surface area contributed by atoms with Crippen molar-refractivity contribution in [2.45, 2.75) is 38.3 Å². The minimum absolute atomic E-state index is 0.0352. The number of hydrogen-bond donors (Lipinski definition) is 3. The quantitative estimate of drug-likeness (QED) is 0.762. The van der Waals surface area contributed by atoms with E-state index in [0.717, 1.165) is 31.2 Å². The van der Waals surface area contributed by atoms with Crippen molar-refractivity contribution in [1.29, 1.82) is 0 Å². The highest BCUT2D eigenvalue weighted by Crippen LogP contribution is 2.24. The zero-order valence-corrected chi connectivity index (χ0v) is 11.5. The molecule has 2 amide bonds. The van der Waals surface area contributed by atoms with Gasteiger partial charge in [0.2, 0.25) is 5.91 Å². The smallest absolute Gasteiger partial charge is 0.251 e. The van der Waals surface area contributed by atoms with Gasteiger partial charge in [-0.1, -0.05) is 12.1 Å². The first kappa shape index (κ1) is 14.5. The molecule has 5 nitrogen and oxygen atoms in total. The third-order valence-electron chi connectivity index (χ3n) is 3.92. The number of carbonyl (C=O) groups is 2. The molecule has 0 heterocycles. The molecule has 0 unspecified atom stereocenters. The van der Waals surface area contributed by atoms with Crippen LogP contribution in [0.25, 0.3) is 0 Å². The third-order valence-corrected chi connectivity index (χ3v) is 3.92. The number of carbonyl (C=O) groups excluding carboxylic acids is 2. The number of nitrogens with one attached hydrogen (secondary N) is 1. The second kappa shape index (κ2) is 6.52. The van der Waals surface area contributed by atoms with Crippen molar-refractivity contribution in [3.8, 4) is 0 Å². The first-order valence-corrected chi connectivity index (χ1v) is 6.99. The van der Waals surface area contributed by atoms with Crippen LogP contribution in [0.5, 0.6) is 0 Å². The molecule has 1 aromatic carbocycles. The van der Waals surface area contributed by atoms with Crippen LogP contribution in [0, 0.1) is 5.92 Å². The third kappa shape index (κ3) is 3.57. The minimum Gasteiger partial charge on any atom is -0.369 e. The molecular weight excluding hydrogens is 254 g/mol. The van der Waals surface area contributed by atoms with E-state index < -0.39 is 0 Å². The van der Waals surface area contributed by atoms with Gasteiger partial charge in [0.15, 0.2) is 0 Å². The van der Waals surface area contributed by atoms with Gasteiger partial charge in [0.05, 0.1) is 0 Å². The van der Waals surface area contributed by atoms with Gasteiger partial charge in [0.25, 0.3) is 5.91 Å². The molecule has 2 rings (SSSR count). The first-order valence-electron chi connectivity index (χ1n) is 6.99. The number of nitrogens with two attached hydrogens (primary N) is 2. The maximum Gasteiger partial charge on any atom is 0.251 e. The monoisotopic (exact) mass is 275 g/mol. The first-order chi connectivity index (χ1) is 9.60. The molecule has 1 aromatic rings. The van der Waals surface area contributed by atoms with E-state index in [-0.39, 0.29) is 23.8 Å². The lowest BCUT2D eigenvalue weighted by Gasteiger charge is -2.27. The van der Waals surface area contributed by atoms with E-state index in [1.807, 2.05) is 12.1 Å². The van der Waals surface area contributed by atoms with Gasteiger partial charge >= 0.3 is 0 Å². The summed E-state index contributed by atoms with van der Waals surface area (Å²) in [6.07, 6.45) is 3.12. The lowest BCUT2D eigenvalue weighted by molar-refractivity contribution is -0.122. The number of hydrogen-bond acceptors (Lipinski definition) is 3. The van der Waals surface area contributed by atoms with Crippen molar-refractivity contribution in [2.75, 3.05) is 0 Å². The number of benzene rings is 1. The Morgan fingerprint density at radius 3 is 2.20 bits per heavy atom. The lowest BCUT2D eigenvalue weighted by atomic mass is 9.85. The molecule has 20 heavy (non-hydrogen) atoms.